The molecule has 0 aromatic heterocycles. The summed E-state index contributed by atoms with van der Waals surface area (Å²) in [5.41, 5.74) is 0.622. The van der Waals surface area contributed by atoms with Gasteiger partial charge in [-0.15, -0.1) is 5.06 Å². The van der Waals surface area contributed by atoms with Crippen molar-refractivity contribution in [3.63, 3.8) is 0 Å². The molecule has 1 heterocycles. The van der Waals surface area contributed by atoms with Gasteiger partial charge in [0.2, 0.25) is 0 Å². The number of hydrogen-bond donors (Lipinski definition) is 0. The number of anilines is 1. The Labute approximate surface area is 105 Å². The van der Waals surface area contributed by atoms with E-state index in [1.54, 1.807) is 12.1 Å². The molecule has 2 aliphatic rings. The van der Waals surface area contributed by atoms with Crippen LogP contribution in [0.3, 0.4) is 0 Å². The minimum atomic E-state index is -0.590. The molecule has 2 fully saturated rings. The van der Waals surface area contributed by atoms with E-state index in [4.69, 9.17) is 4.84 Å². The fraction of sp³-hybridized carbons (Fsp3) is 0.429. The highest BCUT2D eigenvalue weighted by Gasteiger charge is 2.47. The first-order chi connectivity index (χ1) is 8.77. The van der Waals surface area contributed by atoms with Crippen molar-refractivity contribution in [2.45, 2.75) is 25.7 Å². The average Bonchev–Trinajstić information content (AvgIpc) is 2.99. The minimum absolute atomic E-state index is 0.165. The Morgan fingerprint density at radius 1 is 1.06 bits per heavy atom. The van der Waals surface area contributed by atoms with Gasteiger partial charge in [0.1, 0.15) is 5.92 Å². The van der Waals surface area contributed by atoms with Gasteiger partial charge in [-0.05, 0) is 30.9 Å². The Morgan fingerprint density at radius 2 is 1.72 bits per heavy atom. The van der Waals surface area contributed by atoms with Gasteiger partial charge >= 0.3 is 5.97 Å². The largest absolute Gasteiger partial charge is 0.345 e. The summed E-state index contributed by atoms with van der Waals surface area (Å²) < 4.78 is 0. The van der Waals surface area contributed by atoms with E-state index in [0.29, 0.717) is 5.69 Å². The van der Waals surface area contributed by atoms with Crippen LogP contribution in [0.4, 0.5) is 5.69 Å². The summed E-state index contributed by atoms with van der Waals surface area (Å²) >= 11 is 0. The van der Waals surface area contributed by atoms with Gasteiger partial charge in [-0.2, -0.15) is 0 Å². The number of carbonyl (C=O) groups excluding carboxylic acids is 2. The molecule has 1 saturated carbocycles. The number of hydrogen-bond acceptors (Lipinski definition) is 3. The molecule has 1 saturated heterocycles. The summed E-state index contributed by atoms with van der Waals surface area (Å²) in [6.45, 7) is 0. The summed E-state index contributed by atoms with van der Waals surface area (Å²) in [5, 5.41) is 1.14. The molecule has 1 aliphatic heterocycles. The zero-order valence-electron chi connectivity index (χ0n) is 10.0. The third kappa shape index (κ3) is 1.78. The molecule has 0 radical (unpaired) electrons. The maximum absolute atomic E-state index is 12.3. The van der Waals surface area contributed by atoms with Gasteiger partial charge in [0, 0.05) is 0 Å². The van der Waals surface area contributed by atoms with E-state index in [9.17, 15) is 9.59 Å². The molecule has 0 N–H and O–H groups in total. The SMILES string of the molecule is O=C1ON(c2ccccc2)C(=O)C1C1CCCC1. The number of nitrogens with zero attached hydrogens (tertiary/aromatic N) is 1. The van der Waals surface area contributed by atoms with E-state index < -0.39 is 11.9 Å². The van der Waals surface area contributed by atoms with Crippen molar-refractivity contribution < 1.29 is 14.4 Å². The van der Waals surface area contributed by atoms with Gasteiger partial charge in [-0.25, -0.2) is 4.79 Å². The minimum Gasteiger partial charge on any atom is -0.332 e. The molecule has 1 aliphatic carbocycles. The van der Waals surface area contributed by atoms with Crippen molar-refractivity contribution in [3.05, 3.63) is 30.3 Å². The highest BCUT2D eigenvalue weighted by atomic mass is 16.7. The van der Waals surface area contributed by atoms with Crippen molar-refractivity contribution in [2.75, 3.05) is 5.06 Å². The van der Waals surface area contributed by atoms with Gasteiger partial charge in [0.15, 0.2) is 0 Å². The van der Waals surface area contributed by atoms with Crippen LogP contribution in [0.25, 0.3) is 0 Å². The van der Waals surface area contributed by atoms with E-state index >= 15 is 0 Å². The topological polar surface area (TPSA) is 46.6 Å². The summed E-state index contributed by atoms with van der Waals surface area (Å²) in [5.74, 6) is -1.03. The standard InChI is InChI=1S/C14H15NO3/c16-13-12(10-6-4-5-7-10)14(17)18-15(13)11-8-2-1-3-9-11/h1-3,8-10,12H,4-7H2. The molecule has 1 amide bonds. The fourth-order valence-electron chi connectivity index (χ4n) is 2.85. The summed E-state index contributed by atoms with van der Waals surface area (Å²) in [6.07, 6.45) is 4.11. The lowest BCUT2D eigenvalue weighted by molar-refractivity contribution is -0.143. The molecule has 94 valence electrons. The lowest BCUT2D eigenvalue weighted by Crippen LogP contribution is -2.29. The van der Waals surface area contributed by atoms with Gasteiger partial charge in [-0.3, -0.25) is 4.79 Å². The second-order valence-electron chi connectivity index (χ2n) is 4.90. The molecule has 1 aromatic carbocycles. The van der Waals surface area contributed by atoms with Gasteiger partial charge in [0.25, 0.3) is 5.91 Å². The Balaban J connectivity index is 1.84. The number of para-hydroxylation sites is 1. The highest BCUT2D eigenvalue weighted by Crippen LogP contribution is 2.37. The quantitative estimate of drug-likeness (QED) is 0.751. The van der Waals surface area contributed by atoms with Gasteiger partial charge < -0.3 is 4.84 Å². The fourth-order valence-corrected chi connectivity index (χ4v) is 2.85. The molecule has 3 rings (SSSR count). The van der Waals surface area contributed by atoms with Crippen LogP contribution in [-0.2, 0) is 14.4 Å². The predicted molar refractivity (Wildman–Crippen MR) is 65.5 cm³/mol. The Morgan fingerprint density at radius 3 is 2.39 bits per heavy atom. The van der Waals surface area contributed by atoms with Crippen molar-refractivity contribution in [3.8, 4) is 0 Å². The number of amides is 1. The normalized spacial score (nSPS) is 24.7. The van der Waals surface area contributed by atoms with E-state index in [0.717, 1.165) is 30.7 Å². The van der Waals surface area contributed by atoms with Gasteiger partial charge in [0.05, 0.1) is 5.69 Å². The molecule has 0 spiro atoms. The predicted octanol–water partition coefficient (Wildman–Crippen LogP) is 2.30. The zero-order chi connectivity index (χ0) is 12.5. The van der Waals surface area contributed by atoms with E-state index in [1.165, 1.54) is 0 Å². The van der Waals surface area contributed by atoms with Gasteiger partial charge in [-0.1, -0.05) is 31.0 Å². The number of benzene rings is 1. The van der Waals surface area contributed by atoms with Crippen molar-refractivity contribution in [2.24, 2.45) is 11.8 Å². The van der Waals surface area contributed by atoms with Crippen molar-refractivity contribution >= 4 is 17.6 Å². The summed E-state index contributed by atoms with van der Waals surface area (Å²) in [6, 6.07) is 9.03. The number of carbonyl (C=O) groups is 2. The summed E-state index contributed by atoms with van der Waals surface area (Å²) in [4.78, 5) is 29.3. The average molecular weight is 245 g/mol. The Hall–Kier alpha value is -1.84. The molecule has 18 heavy (non-hydrogen) atoms. The highest BCUT2D eigenvalue weighted by molar-refractivity contribution is 6.10. The first-order valence-corrected chi connectivity index (χ1v) is 6.38. The van der Waals surface area contributed by atoms with Crippen LogP contribution in [-0.4, -0.2) is 11.9 Å². The van der Waals surface area contributed by atoms with Crippen LogP contribution >= 0.6 is 0 Å². The van der Waals surface area contributed by atoms with Crippen LogP contribution in [0, 0.1) is 11.8 Å². The summed E-state index contributed by atoms with van der Waals surface area (Å²) in [7, 11) is 0. The molecule has 1 unspecified atom stereocenters. The first kappa shape index (κ1) is 11.3. The second kappa shape index (κ2) is 4.44. The second-order valence-corrected chi connectivity index (χ2v) is 4.90. The maximum Gasteiger partial charge on any atom is 0.345 e. The Kier molecular flexibility index (Phi) is 2.78. The van der Waals surface area contributed by atoms with Crippen molar-refractivity contribution in [1.82, 2.24) is 0 Å². The smallest absolute Gasteiger partial charge is 0.332 e. The third-order valence-electron chi connectivity index (χ3n) is 3.76. The maximum atomic E-state index is 12.3. The molecule has 1 aromatic rings. The van der Waals surface area contributed by atoms with E-state index in [2.05, 4.69) is 0 Å². The monoisotopic (exact) mass is 245 g/mol. The lowest BCUT2D eigenvalue weighted by atomic mass is 9.91. The third-order valence-corrected chi connectivity index (χ3v) is 3.76. The molecular weight excluding hydrogens is 230 g/mol. The Bertz CT molecular complexity index is 465. The molecule has 4 heteroatoms. The van der Waals surface area contributed by atoms with E-state index in [1.807, 2.05) is 18.2 Å². The number of hydroxylamine groups is 1. The molecule has 4 nitrogen and oxygen atoms in total. The lowest BCUT2D eigenvalue weighted by Gasteiger charge is -2.14. The molecular formula is C14H15NO3. The van der Waals surface area contributed by atoms with E-state index in [-0.39, 0.29) is 11.8 Å². The molecule has 0 bridgehead atoms. The van der Waals surface area contributed by atoms with Crippen LogP contribution in [0.2, 0.25) is 0 Å². The van der Waals surface area contributed by atoms with Crippen LogP contribution in [0.1, 0.15) is 25.7 Å². The van der Waals surface area contributed by atoms with Crippen LogP contribution in [0.5, 0.6) is 0 Å². The first-order valence-electron chi connectivity index (χ1n) is 6.38. The van der Waals surface area contributed by atoms with Crippen molar-refractivity contribution in [1.29, 1.82) is 0 Å². The zero-order valence-corrected chi connectivity index (χ0v) is 10.0. The number of rotatable bonds is 2. The van der Waals surface area contributed by atoms with Crippen LogP contribution < -0.4 is 5.06 Å². The van der Waals surface area contributed by atoms with Crippen LogP contribution in [0.15, 0.2) is 30.3 Å². The molecule has 1 atom stereocenters.